The van der Waals surface area contributed by atoms with Gasteiger partial charge in [-0.15, -0.1) is 21.5 Å². The highest BCUT2D eigenvalue weighted by Crippen LogP contribution is 2.29. The van der Waals surface area contributed by atoms with Gasteiger partial charge in [0.05, 0.1) is 7.11 Å². The van der Waals surface area contributed by atoms with Gasteiger partial charge in [0.15, 0.2) is 10.1 Å². The maximum atomic E-state index is 12.5. The lowest BCUT2D eigenvalue weighted by Gasteiger charge is -2.13. The largest absolute Gasteiger partial charge is 0.497 e. The van der Waals surface area contributed by atoms with Crippen LogP contribution in [0.2, 0.25) is 0 Å². The van der Waals surface area contributed by atoms with Gasteiger partial charge in [-0.25, -0.2) is 4.98 Å². The third-order valence-electron chi connectivity index (χ3n) is 3.17. The van der Waals surface area contributed by atoms with Crippen molar-refractivity contribution in [2.45, 2.75) is 6.92 Å². The zero-order valence-electron chi connectivity index (χ0n) is 12.8. The summed E-state index contributed by atoms with van der Waals surface area (Å²) in [4.78, 5) is 18.5. The molecular formula is C15H14N4O2S2. The molecule has 0 fully saturated rings. The molecule has 0 spiro atoms. The molecule has 0 unspecified atom stereocenters. The Labute approximate surface area is 141 Å². The topological polar surface area (TPSA) is 68.2 Å². The molecule has 2 aromatic heterocycles. The van der Waals surface area contributed by atoms with E-state index in [2.05, 4.69) is 15.2 Å². The van der Waals surface area contributed by atoms with Gasteiger partial charge in [-0.2, -0.15) is 0 Å². The molecule has 6 nitrogen and oxygen atoms in total. The fourth-order valence-corrected chi connectivity index (χ4v) is 3.43. The second-order valence-electron chi connectivity index (χ2n) is 4.73. The van der Waals surface area contributed by atoms with Crippen LogP contribution >= 0.6 is 22.7 Å². The van der Waals surface area contributed by atoms with Crippen molar-refractivity contribution in [2.24, 2.45) is 0 Å². The quantitative estimate of drug-likeness (QED) is 0.725. The minimum atomic E-state index is -0.123. The summed E-state index contributed by atoms with van der Waals surface area (Å²) in [7, 11) is 3.30. The van der Waals surface area contributed by atoms with E-state index in [9.17, 15) is 4.79 Å². The van der Waals surface area contributed by atoms with Gasteiger partial charge in [-0.3, -0.25) is 9.69 Å². The van der Waals surface area contributed by atoms with E-state index in [1.54, 1.807) is 38.4 Å². The van der Waals surface area contributed by atoms with Crippen LogP contribution in [-0.4, -0.2) is 35.2 Å². The third-order valence-corrected chi connectivity index (χ3v) is 4.94. The van der Waals surface area contributed by atoms with Crippen LogP contribution in [0.25, 0.3) is 10.7 Å². The first-order valence-electron chi connectivity index (χ1n) is 6.76. The maximum absolute atomic E-state index is 12.5. The summed E-state index contributed by atoms with van der Waals surface area (Å²) in [6.45, 7) is 1.90. The van der Waals surface area contributed by atoms with Crippen LogP contribution in [0.3, 0.4) is 0 Å². The summed E-state index contributed by atoms with van der Waals surface area (Å²) in [5.41, 5.74) is 1.32. The Morgan fingerprint density at radius 2 is 1.96 bits per heavy atom. The smallest absolute Gasteiger partial charge is 0.259 e. The van der Waals surface area contributed by atoms with Crippen molar-refractivity contribution in [3.8, 4) is 16.5 Å². The molecule has 0 aliphatic rings. The van der Waals surface area contributed by atoms with Crippen LogP contribution in [0.15, 0.2) is 29.6 Å². The number of hydrogen-bond acceptors (Lipinski definition) is 7. The van der Waals surface area contributed by atoms with Gasteiger partial charge in [-0.05, 0) is 31.2 Å². The molecule has 3 rings (SSSR count). The van der Waals surface area contributed by atoms with Crippen molar-refractivity contribution in [1.82, 2.24) is 15.2 Å². The predicted molar refractivity (Wildman–Crippen MR) is 91.5 cm³/mol. The number of amides is 1. The van der Waals surface area contributed by atoms with Gasteiger partial charge >= 0.3 is 0 Å². The minimum absolute atomic E-state index is 0.123. The Hall–Kier alpha value is -2.32. The number of hydrogen-bond donors (Lipinski definition) is 0. The van der Waals surface area contributed by atoms with E-state index in [4.69, 9.17) is 4.74 Å². The van der Waals surface area contributed by atoms with E-state index in [0.29, 0.717) is 16.4 Å². The highest BCUT2D eigenvalue weighted by atomic mass is 32.1. The Morgan fingerprint density at radius 3 is 2.57 bits per heavy atom. The number of nitrogens with zero attached hydrogens (tertiary/aromatic N) is 4. The van der Waals surface area contributed by atoms with Crippen LogP contribution < -0.4 is 9.64 Å². The first-order chi connectivity index (χ1) is 11.1. The van der Waals surface area contributed by atoms with E-state index in [0.717, 1.165) is 15.7 Å². The van der Waals surface area contributed by atoms with Crippen LogP contribution in [0.4, 0.5) is 5.13 Å². The fourth-order valence-electron chi connectivity index (χ4n) is 1.93. The number of anilines is 1. The Bertz CT molecular complexity index is 826. The van der Waals surface area contributed by atoms with Crippen LogP contribution in [0, 0.1) is 6.92 Å². The molecule has 2 heterocycles. The number of ether oxygens (including phenoxy) is 1. The Morgan fingerprint density at radius 1 is 1.22 bits per heavy atom. The average Bonchev–Trinajstić information content (AvgIpc) is 3.22. The van der Waals surface area contributed by atoms with Crippen molar-refractivity contribution in [2.75, 3.05) is 19.1 Å². The fraction of sp³-hybridized carbons (Fsp3) is 0.200. The number of aryl methyl sites for hydroxylation is 1. The Kier molecular flexibility index (Phi) is 4.35. The normalized spacial score (nSPS) is 10.6. The highest BCUT2D eigenvalue weighted by Gasteiger charge is 2.18. The van der Waals surface area contributed by atoms with E-state index in [1.807, 2.05) is 12.3 Å². The molecule has 118 valence electrons. The molecule has 1 amide bonds. The molecule has 0 saturated heterocycles. The van der Waals surface area contributed by atoms with Crippen molar-refractivity contribution in [1.29, 1.82) is 0 Å². The van der Waals surface area contributed by atoms with Crippen molar-refractivity contribution < 1.29 is 9.53 Å². The summed E-state index contributed by atoms with van der Waals surface area (Å²) in [6.07, 6.45) is 0. The minimum Gasteiger partial charge on any atom is -0.497 e. The average molecular weight is 346 g/mol. The summed E-state index contributed by atoms with van der Waals surface area (Å²) < 4.78 is 5.10. The second-order valence-corrected chi connectivity index (χ2v) is 6.75. The number of benzene rings is 1. The number of methoxy groups -OCH3 is 1. The van der Waals surface area contributed by atoms with Crippen molar-refractivity contribution >= 4 is 33.7 Å². The predicted octanol–water partition coefficient (Wildman–Crippen LogP) is 3.26. The van der Waals surface area contributed by atoms with Gasteiger partial charge < -0.3 is 4.74 Å². The van der Waals surface area contributed by atoms with Gasteiger partial charge in [-0.1, -0.05) is 11.3 Å². The van der Waals surface area contributed by atoms with Crippen molar-refractivity contribution in [3.05, 3.63) is 40.2 Å². The molecule has 1 aromatic carbocycles. The molecule has 0 N–H and O–H groups in total. The van der Waals surface area contributed by atoms with Gasteiger partial charge in [0.1, 0.15) is 16.5 Å². The molecular weight excluding hydrogens is 332 g/mol. The first-order valence-corrected chi connectivity index (χ1v) is 8.46. The highest BCUT2D eigenvalue weighted by molar-refractivity contribution is 7.16. The van der Waals surface area contributed by atoms with E-state index in [1.165, 1.54) is 27.6 Å². The molecule has 0 aliphatic heterocycles. The standard InChI is InChI=1S/C15H14N4O2S2/c1-9-17-18-13(23-9)12-8-22-15(16-12)19(2)14(20)10-4-6-11(21-3)7-5-10/h4-8H,1-3H3. The Balaban J connectivity index is 1.80. The lowest BCUT2D eigenvalue weighted by molar-refractivity contribution is 0.0993. The first kappa shape index (κ1) is 15.6. The van der Waals surface area contributed by atoms with Crippen molar-refractivity contribution in [3.63, 3.8) is 0 Å². The lowest BCUT2D eigenvalue weighted by Crippen LogP contribution is -2.25. The summed E-state index contributed by atoms with van der Waals surface area (Å²) >= 11 is 2.88. The molecule has 8 heteroatoms. The van der Waals surface area contributed by atoms with Gasteiger partial charge in [0.25, 0.3) is 5.91 Å². The summed E-state index contributed by atoms with van der Waals surface area (Å²) in [5, 5.41) is 12.2. The molecule has 0 bridgehead atoms. The molecule has 0 saturated carbocycles. The number of carbonyl (C=O) groups is 1. The van der Waals surface area contributed by atoms with E-state index >= 15 is 0 Å². The molecule has 0 aliphatic carbocycles. The molecule has 3 aromatic rings. The van der Waals surface area contributed by atoms with E-state index in [-0.39, 0.29) is 5.91 Å². The number of rotatable bonds is 4. The van der Waals surface area contributed by atoms with Crippen LogP contribution in [-0.2, 0) is 0 Å². The SMILES string of the molecule is COc1ccc(C(=O)N(C)c2nc(-c3nnc(C)s3)cs2)cc1. The molecule has 0 radical (unpaired) electrons. The maximum Gasteiger partial charge on any atom is 0.259 e. The number of thiazole rings is 1. The van der Waals surface area contributed by atoms with E-state index < -0.39 is 0 Å². The van der Waals surface area contributed by atoms with Gasteiger partial charge in [0, 0.05) is 18.0 Å². The number of aromatic nitrogens is 3. The zero-order chi connectivity index (χ0) is 16.4. The molecule has 0 atom stereocenters. The zero-order valence-corrected chi connectivity index (χ0v) is 14.4. The second kappa shape index (κ2) is 6.43. The third kappa shape index (κ3) is 3.22. The van der Waals surface area contributed by atoms with Crippen LogP contribution in [0.5, 0.6) is 5.75 Å². The summed E-state index contributed by atoms with van der Waals surface area (Å²) in [5.74, 6) is 0.592. The number of carbonyl (C=O) groups excluding carboxylic acids is 1. The van der Waals surface area contributed by atoms with Crippen LogP contribution in [0.1, 0.15) is 15.4 Å². The summed E-state index contributed by atoms with van der Waals surface area (Å²) in [6, 6.07) is 7.00. The monoisotopic (exact) mass is 346 g/mol. The van der Waals surface area contributed by atoms with Gasteiger partial charge in [0.2, 0.25) is 0 Å². The lowest BCUT2D eigenvalue weighted by atomic mass is 10.2. The molecule has 23 heavy (non-hydrogen) atoms.